The molecule has 1 atom stereocenters. The number of para-hydroxylation sites is 3. The molecule has 1 aliphatic rings. The fourth-order valence-electron chi connectivity index (χ4n) is 3.08. The summed E-state index contributed by atoms with van der Waals surface area (Å²) in [6.45, 7) is -0.0121. The van der Waals surface area contributed by atoms with Gasteiger partial charge >= 0.3 is 5.63 Å². The van der Waals surface area contributed by atoms with Gasteiger partial charge in [0, 0.05) is 12.4 Å². The van der Waals surface area contributed by atoms with Crippen molar-refractivity contribution in [3.8, 4) is 5.75 Å². The summed E-state index contributed by atoms with van der Waals surface area (Å²) in [5, 5.41) is 3.16. The van der Waals surface area contributed by atoms with Gasteiger partial charge in [-0.2, -0.15) is 0 Å². The van der Waals surface area contributed by atoms with E-state index in [1.165, 1.54) is 18.0 Å². The Hall–Kier alpha value is -3.61. The van der Waals surface area contributed by atoms with Crippen LogP contribution in [0.3, 0.4) is 0 Å². The van der Waals surface area contributed by atoms with E-state index in [0.29, 0.717) is 22.4 Å². The lowest BCUT2D eigenvalue weighted by atomic mass is 10.1. The van der Waals surface area contributed by atoms with Gasteiger partial charge in [-0.3, -0.25) is 9.59 Å². The van der Waals surface area contributed by atoms with Crippen LogP contribution in [0.4, 0.5) is 5.69 Å². The molecular weight excluding hydrogens is 348 g/mol. The second kappa shape index (κ2) is 6.60. The molecule has 1 aromatic heterocycles. The molecule has 0 unspecified atom stereocenters. The van der Waals surface area contributed by atoms with Gasteiger partial charge in [0.1, 0.15) is 16.9 Å². The second-order valence-corrected chi connectivity index (χ2v) is 6.09. The van der Waals surface area contributed by atoms with Crippen molar-refractivity contribution in [2.45, 2.75) is 6.10 Å². The minimum absolute atomic E-state index is 0.0121. The number of carbonyl (C=O) groups is 2. The number of rotatable bonds is 2. The zero-order valence-corrected chi connectivity index (χ0v) is 14.5. The lowest BCUT2D eigenvalue weighted by molar-refractivity contribution is -0.127. The van der Waals surface area contributed by atoms with Crippen LogP contribution in [-0.4, -0.2) is 31.5 Å². The molecule has 0 fully saturated rings. The van der Waals surface area contributed by atoms with E-state index in [1.807, 2.05) is 0 Å². The maximum absolute atomic E-state index is 13.2. The fraction of sp³-hybridized carbons (Fsp3) is 0.150. The highest BCUT2D eigenvalue weighted by Crippen LogP contribution is 2.34. The molecule has 0 spiro atoms. The monoisotopic (exact) mass is 364 g/mol. The molecule has 2 amide bonds. The molecular formula is C20H16N2O5. The van der Waals surface area contributed by atoms with Crippen LogP contribution >= 0.6 is 0 Å². The summed E-state index contributed by atoms with van der Waals surface area (Å²) in [6.07, 6.45) is -0.874. The van der Waals surface area contributed by atoms with Gasteiger partial charge in [0.05, 0.1) is 12.2 Å². The quantitative estimate of drug-likeness (QED) is 0.702. The maximum atomic E-state index is 13.2. The number of amides is 2. The minimum Gasteiger partial charge on any atom is -0.477 e. The van der Waals surface area contributed by atoms with Crippen LogP contribution in [0.5, 0.6) is 5.75 Å². The predicted octanol–water partition coefficient (Wildman–Crippen LogP) is 1.95. The van der Waals surface area contributed by atoms with Gasteiger partial charge in [0.25, 0.3) is 11.8 Å². The number of nitrogens with one attached hydrogen (secondary N) is 1. The van der Waals surface area contributed by atoms with E-state index in [4.69, 9.17) is 9.15 Å². The number of carbonyl (C=O) groups excluding carboxylic acids is 2. The number of likely N-dealkylation sites (N-methyl/N-ethyl adjacent to an activating group) is 1. The van der Waals surface area contributed by atoms with Crippen molar-refractivity contribution in [3.63, 3.8) is 0 Å². The summed E-state index contributed by atoms with van der Waals surface area (Å²) < 4.78 is 11.0. The predicted molar refractivity (Wildman–Crippen MR) is 99.1 cm³/mol. The van der Waals surface area contributed by atoms with Gasteiger partial charge in [-0.15, -0.1) is 0 Å². The molecule has 7 nitrogen and oxygen atoms in total. The molecule has 3 aromatic rings. The van der Waals surface area contributed by atoms with Crippen LogP contribution in [0.15, 0.2) is 63.8 Å². The normalized spacial score (nSPS) is 15.7. The first-order valence-corrected chi connectivity index (χ1v) is 8.40. The maximum Gasteiger partial charge on any atom is 0.349 e. The average Bonchev–Trinajstić information content (AvgIpc) is 2.71. The van der Waals surface area contributed by atoms with Crippen molar-refractivity contribution in [1.29, 1.82) is 0 Å². The third-order valence-corrected chi connectivity index (χ3v) is 4.43. The molecule has 1 aliphatic heterocycles. The highest BCUT2D eigenvalue weighted by atomic mass is 16.5. The van der Waals surface area contributed by atoms with Gasteiger partial charge in [-0.1, -0.05) is 30.3 Å². The number of ether oxygens (including phenoxy) is 1. The first-order valence-electron chi connectivity index (χ1n) is 8.40. The molecule has 0 radical (unpaired) electrons. The van der Waals surface area contributed by atoms with Crippen LogP contribution < -0.4 is 20.6 Å². The first kappa shape index (κ1) is 16.8. The first-order chi connectivity index (χ1) is 13.1. The zero-order chi connectivity index (χ0) is 19.0. The largest absolute Gasteiger partial charge is 0.477 e. The fourth-order valence-corrected chi connectivity index (χ4v) is 3.08. The van der Waals surface area contributed by atoms with E-state index in [1.54, 1.807) is 48.5 Å². The van der Waals surface area contributed by atoms with Crippen molar-refractivity contribution in [2.24, 2.45) is 0 Å². The molecule has 0 saturated heterocycles. The molecule has 7 heteroatoms. The van der Waals surface area contributed by atoms with E-state index < -0.39 is 17.6 Å². The highest BCUT2D eigenvalue weighted by molar-refractivity contribution is 6.08. The second-order valence-electron chi connectivity index (χ2n) is 6.09. The van der Waals surface area contributed by atoms with Crippen molar-refractivity contribution in [2.75, 3.05) is 18.5 Å². The summed E-state index contributed by atoms with van der Waals surface area (Å²) in [5.74, 6) is -0.497. The molecule has 4 rings (SSSR count). The number of fused-ring (bicyclic) bond motifs is 2. The highest BCUT2D eigenvalue weighted by Gasteiger charge is 2.34. The van der Waals surface area contributed by atoms with Crippen molar-refractivity contribution < 1.29 is 18.7 Å². The molecule has 2 aromatic carbocycles. The van der Waals surface area contributed by atoms with Crippen LogP contribution in [-0.2, 0) is 4.79 Å². The lowest BCUT2D eigenvalue weighted by Gasteiger charge is -2.33. The molecule has 1 N–H and O–H groups in total. The van der Waals surface area contributed by atoms with Crippen LogP contribution in [0.2, 0.25) is 0 Å². The Balaban J connectivity index is 1.79. The third-order valence-electron chi connectivity index (χ3n) is 4.43. The number of hydrogen-bond acceptors (Lipinski definition) is 5. The van der Waals surface area contributed by atoms with E-state index in [2.05, 4.69) is 5.32 Å². The Morgan fingerprint density at radius 2 is 1.85 bits per heavy atom. The standard InChI is InChI=1S/C20H16N2O5/c1-21-18(23)17-11-22(14-7-3-5-9-16(14)26-17)19(24)13-10-12-6-2-4-8-15(12)27-20(13)25/h2-10,17H,11H2,1H3,(H,21,23)/t17-/m0/s1. The summed E-state index contributed by atoms with van der Waals surface area (Å²) >= 11 is 0. The van der Waals surface area contributed by atoms with Crippen molar-refractivity contribution in [1.82, 2.24) is 5.32 Å². The Morgan fingerprint density at radius 3 is 2.67 bits per heavy atom. The topological polar surface area (TPSA) is 88.9 Å². The van der Waals surface area contributed by atoms with Crippen molar-refractivity contribution in [3.05, 3.63) is 70.6 Å². The lowest BCUT2D eigenvalue weighted by Crippen LogP contribution is -2.50. The summed E-state index contributed by atoms with van der Waals surface area (Å²) in [5.41, 5.74) is 0.0834. The van der Waals surface area contributed by atoms with Crippen LogP contribution in [0, 0.1) is 0 Å². The number of benzene rings is 2. The smallest absolute Gasteiger partial charge is 0.349 e. The van der Waals surface area contributed by atoms with Gasteiger partial charge in [-0.05, 0) is 24.3 Å². The Kier molecular flexibility index (Phi) is 4.12. The Labute approximate surface area is 154 Å². The van der Waals surface area contributed by atoms with E-state index in [0.717, 1.165) is 0 Å². The zero-order valence-electron chi connectivity index (χ0n) is 14.5. The Bertz CT molecular complexity index is 1100. The van der Waals surface area contributed by atoms with Gasteiger partial charge in [-0.25, -0.2) is 4.79 Å². The van der Waals surface area contributed by atoms with E-state index >= 15 is 0 Å². The third kappa shape index (κ3) is 2.93. The van der Waals surface area contributed by atoms with E-state index in [-0.39, 0.29) is 18.0 Å². The molecule has 0 aliphatic carbocycles. The van der Waals surface area contributed by atoms with Crippen molar-refractivity contribution >= 4 is 28.5 Å². The summed E-state index contributed by atoms with van der Waals surface area (Å²) in [6, 6.07) is 15.4. The number of hydrogen-bond donors (Lipinski definition) is 1. The van der Waals surface area contributed by atoms with Gasteiger partial charge < -0.3 is 19.4 Å². The molecule has 27 heavy (non-hydrogen) atoms. The Morgan fingerprint density at radius 1 is 1.11 bits per heavy atom. The van der Waals surface area contributed by atoms with Gasteiger partial charge in [0.15, 0.2) is 6.10 Å². The molecule has 2 heterocycles. The van der Waals surface area contributed by atoms with E-state index in [9.17, 15) is 14.4 Å². The minimum atomic E-state index is -0.874. The molecule has 136 valence electrons. The molecule has 0 bridgehead atoms. The summed E-state index contributed by atoms with van der Waals surface area (Å²) in [7, 11) is 1.50. The number of anilines is 1. The SMILES string of the molecule is CNC(=O)[C@@H]1CN(C(=O)c2cc3ccccc3oc2=O)c2ccccc2O1. The number of nitrogens with zero attached hydrogens (tertiary/aromatic N) is 1. The average molecular weight is 364 g/mol. The van der Waals surface area contributed by atoms with Crippen LogP contribution in [0.25, 0.3) is 11.0 Å². The van der Waals surface area contributed by atoms with Gasteiger partial charge in [0.2, 0.25) is 0 Å². The van der Waals surface area contributed by atoms with Crippen LogP contribution in [0.1, 0.15) is 10.4 Å². The molecule has 0 saturated carbocycles. The summed E-state index contributed by atoms with van der Waals surface area (Å²) in [4.78, 5) is 39.0.